The summed E-state index contributed by atoms with van der Waals surface area (Å²) in [4.78, 5) is 27.5. The van der Waals surface area contributed by atoms with Gasteiger partial charge >= 0.3 is 0 Å². The number of amides is 2. The third kappa shape index (κ3) is 4.45. The molecule has 0 radical (unpaired) electrons. The smallest absolute Gasteiger partial charge is 0.237 e. The van der Waals surface area contributed by atoms with Crippen LogP contribution in [-0.4, -0.2) is 53.8 Å². The summed E-state index contributed by atoms with van der Waals surface area (Å²) < 4.78 is 0. The minimum atomic E-state index is -0.193. The molecular formula is C16H22ClN3O2. The second kappa shape index (κ2) is 7.61. The lowest BCUT2D eigenvalue weighted by Gasteiger charge is -2.37. The van der Waals surface area contributed by atoms with Crippen molar-refractivity contribution < 1.29 is 9.59 Å². The summed E-state index contributed by atoms with van der Waals surface area (Å²) in [5.74, 6) is 0.103. The predicted octanol–water partition coefficient (Wildman–Crippen LogP) is 1.51. The molecule has 2 rings (SSSR count). The fourth-order valence-corrected chi connectivity index (χ4v) is 2.66. The van der Waals surface area contributed by atoms with Crippen molar-refractivity contribution in [3.8, 4) is 0 Å². The molecule has 1 fully saturated rings. The molecule has 0 aliphatic carbocycles. The summed E-state index contributed by atoms with van der Waals surface area (Å²) >= 11 is 5.84. The Morgan fingerprint density at radius 3 is 2.32 bits per heavy atom. The molecule has 120 valence electrons. The molecule has 2 amide bonds. The summed E-state index contributed by atoms with van der Waals surface area (Å²) in [5.41, 5.74) is 1.02. The Labute approximate surface area is 136 Å². The molecule has 1 aliphatic rings. The molecule has 1 N–H and O–H groups in total. The fraction of sp³-hybridized carbons (Fsp3) is 0.500. The third-order valence-corrected chi connectivity index (χ3v) is 4.32. The van der Waals surface area contributed by atoms with E-state index in [0.29, 0.717) is 24.7 Å². The van der Waals surface area contributed by atoms with Crippen LogP contribution in [0.25, 0.3) is 0 Å². The molecule has 6 heteroatoms. The van der Waals surface area contributed by atoms with Crippen LogP contribution in [0, 0.1) is 0 Å². The number of hydrogen-bond acceptors (Lipinski definition) is 3. The molecule has 0 spiro atoms. The molecule has 1 saturated heterocycles. The van der Waals surface area contributed by atoms with Gasteiger partial charge in [0.05, 0.1) is 6.04 Å². The number of piperazine rings is 1. The van der Waals surface area contributed by atoms with Crippen molar-refractivity contribution in [1.29, 1.82) is 0 Å². The van der Waals surface area contributed by atoms with Gasteiger partial charge in [0, 0.05) is 44.7 Å². The van der Waals surface area contributed by atoms with Crippen molar-refractivity contribution in [3.63, 3.8) is 0 Å². The first-order valence-electron chi connectivity index (χ1n) is 7.49. The van der Waals surface area contributed by atoms with Crippen LogP contribution in [0.5, 0.6) is 0 Å². The van der Waals surface area contributed by atoms with Gasteiger partial charge in [-0.15, -0.1) is 0 Å². The number of carbonyl (C=O) groups excluding carboxylic acids is 2. The Morgan fingerprint density at radius 1 is 1.18 bits per heavy atom. The van der Waals surface area contributed by atoms with E-state index in [0.717, 1.165) is 18.7 Å². The van der Waals surface area contributed by atoms with Crippen LogP contribution in [0.3, 0.4) is 0 Å². The molecular weight excluding hydrogens is 302 g/mol. The molecule has 22 heavy (non-hydrogen) atoms. The first kappa shape index (κ1) is 16.8. The van der Waals surface area contributed by atoms with Gasteiger partial charge in [0.25, 0.3) is 0 Å². The van der Waals surface area contributed by atoms with Crippen molar-refractivity contribution in [2.45, 2.75) is 26.4 Å². The van der Waals surface area contributed by atoms with E-state index in [-0.39, 0.29) is 17.9 Å². The monoisotopic (exact) mass is 323 g/mol. The topological polar surface area (TPSA) is 52.7 Å². The van der Waals surface area contributed by atoms with Crippen LogP contribution in [0.15, 0.2) is 24.3 Å². The van der Waals surface area contributed by atoms with Crippen LogP contribution in [0.1, 0.15) is 19.4 Å². The van der Waals surface area contributed by atoms with Crippen molar-refractivity contribution in [2.75, 3.05) is 26.2 Å². The zero-order chi connectivity index (χ0) is 16.1. The number of nitrogens with one attached hydrogen (secondary N) is 1. The van der Waals surface area contributed by atoms with Crippen molar-refractivity contribution in [1.82, 2.24) is 15.1 Å². The van der Waals surface area contributed by atoms with Gasteiger partial charge in [0.15, 0.2) is 0 Å². The standard InChI is InChI=1S/C16H22ClN3O2/c1-12(19-7-9-20(10-8-19)13(2)21)16(22)18-11-14-3-5-15(17)6-4-14/h3-6,12H,7-11H2,1-2H3,(H,18,22). The summed E-state index contributed by atoms with van der Waals surface area (Å²) in [6.07, 6.45) is 0. The number of halogens is 1. The maximum atomic E-state index is 12.2. The van der Waals surface area contributed by atoms with Gasteiger partial charge in [0.1, 0.15) is 0 Å². The van der Waals surface area contributed by atoms with Gasteiger partial charge in [-0.2, -0.15) is 0 Å². The Morgan fingerprint density at radius 2 is 1.77 bits per heavy atom. The van der Waals surface area contributed by atoms with Crippen LogP contribution in [-0.2, 0) is 16.1 Å². The first-order chi connectivity index (χ1) is 10.5. The first-order valence-corrected chi connectivity index (χ1v) is 7.87. The summed E-state index contributed by atoms with van der Waals surface area (Å²) in [7, 11) is 0. The lowest BCUT2D eigenvalue weighted by Crippen LogP contribution is -2.54. The summed E-state index contributed by atoms with van der Waals surface area (Å²) in [5, 5.41) is 3.63. The third-order valence-electron chi connectivity index (χ3n) is 4.07. The van der Waals surface area contributed by atoms with Gasteiger partial charge < -0.3 is 10.2 Å². The highest BCUT2D eigenvalue weighted by atomic mass is 35.5. The lowest BCUT2D eigenvalue weighted by molar-refractivity contribution is -0.132. The molecule has 0 bridgehead atoms. The van der Waals surface area contributed by atoms with E-state index in [1.165, 1.54) is 0 Å². The van der Waals surface area contributed by atoms with E-state index in [1.54, 1.807) is 6.92 Å². The Hall–Kier alpha value is -1.59. The normalized spacial score (nSPS) is 17.1. The van der Waals surface area contributed by atoms with E-state index >= 15 is 0 Å². The Kier molecular flexibility index (Phi) is 5.80. The minimum Gasteiger partial charge on any atom is -0.351 e. The summed E-state index contributed by atoms with van der Waals surface area (Å²) in [6, 6.07) is 7.24. The van der Waals surface area contributed by atoms with Gasteiger partial charge in [-0.05, 0) is 24.6 Å². The molecule has 1 aliphatic heterocycles. The average molecular weight is 324 g/mol. The van der Waals surface area contributed by atoms with Crippen LogP contribution < -0.4 is 5.32 Å². The van der Waals surface area contributed by atoms with Gasteiger partial charge in [-0.25, -0.2) is 0 Å². The van der Waals surface area contributed by atoms with E-state index in [2.05, 4.69) is 10.2 Å². The highest BCUT2D eigenvalue weighted by Gasteiger charge is 2.26. The van der Waals surface area contributed by atoms with Crippen molar-refractivity contribution in [2.24, 2.45) is 0 Å². The highest BCUT2D eigenvalue weighted by Crippen LogP contribution is 2.10. The van der Waals surface area contributed by atoms with E-state index in [1.807, 2.05) is 36.1 Å². The summed E-state index contributed by atoms with van der Waals surface area (Å²) in [6.45, 7) is 6.81. The molecule has 0 aromatic heterocycles. The molecule has 1 aromatic carbocycles. The Bertz CT molecular complexity index is 525. The van der Waals surface area contributed by atoms with E-state index in [9.17, 15) is 9.59 Å². The second-order valence-corrected chi connectivity index (χ2v) is 6.00. The minimum absolute atomic E-state index is 0.00576. The average Bonchev–Trinajstić information content (AvgIpc) is 2.53. The number of carbonyl (C=O) groups is 2. The number of nitrogens with zero attached hydrogens (tertiary/aromatic N) is 2. The SMILES string of the molecule is CC(=O)N1CCN(C(C)C(=O)NCc2ccc(Cl)cc2)CC1. The molecule has 1 aromatic rings. The molecule has 1 unspecified atom stereocenters. The maximum Gasteiger partial charge on any atom is 0.237 e. The Balaban J connectivity index is 1.80. The van der Waals surface area contributed by atoms with Crippen LogP contribution in [0.4, 0.5) is 0 Å². The number of benzene rings is 1. The molecule has 5 nitrogen and oxygen atoms in total. The fourth-order valence-electron chi connectivity index (χ4n) is 2.53. The van der Waals surface area contributed by atoms with E-state index < -0.39 is 0 Å². The van der Waals surface area contributed by atoms with Gasteiger partial charge in [-0.3, -0.25) is 14.5 Å². The largest absolute Gasteiger partial charge is 0.351 e. The van der Waals surface area contributed by atoms with Crippen molar-refractivity contribution in [3.05, 3.63) is 34.9 Å². The zero-order valence-electron chi connectivity index (χ0n) is 13.0. The predicted molar refractivity (Wildman–Crippen MR) is 86.6 cm³/mol. The van der Waals surface area contributed by atoms with E-state index in [4.69, 9.17) is 11.6 Å². The lowest BCUT2D eigenvalue weighted by atomic mass is 10.2. The zero-order valence-corrected chi connectivity index (χ0v) is 13.8. The van der Waals surface area contributed by atoms with Crippen molar-refractivity contribution >= 4 is 23.4 Å². The number of rotatable bonds is 4. The number of hydrogen-bond donors (Lipinski definition) is 1. The van der Waals surface area contributed by atoms with Gasteiger partial charge in [-0.1, -0.05) is 23.7 Å². The second-order valence-electron chi connectivity index (χ2n) is 5.56. The quantitative estimate of drug-likeness (QED) is 0.914. The highest BCUT2D eigenvalue weighted by molar-refractivity contribution is 6.30. The molecule has 0 saturated carbocycles. The van der Waals surface area contributed by atoms with Gasteiger partial charge in [0.2, 0.25) is 11.8 Å². The van der Waals surface area contributed by atoms with Crippen LogP contribution >= 0.6 is 11.6 Å². The molecule has 1 heterocycles. The maximum absolute atomic E-state index is 12.2. The van der Waals surface area contributed by atoms with Crippen LogP contribution in [0.2, 0.25) is 5.02 Å². The molecule has 1 atom stereocenters.